The third kappa shape index (κ3) is 1.96. The fraction of sp³-hybridized carbons (Fsp3) is 0.875. The lowest BCUT2D eigenvalue weighted by Crippen LogP contribution is -2.26. The lowest BCUT2D eigenvalue weighted by Gasteiger charge is -2.26. The standard InChI is InChI=1S/C8H15O2/c1-9-7-4-3-5-8(6-7)10-2/h3,7-8H,4-6H2,1-2H3. The van der Waals surface area contributed by atoms with Gasteiger partial charge in [0.25, 0.3) is 0 Å². The average molecular weight is 143 g/mol. The van der Waals surface area contributed by atoms with E-state index in [1.165, 1.54) is 0 Å². The molecule has 1 aliphatic rings. The summed E-state index contributed by atoms with van der Waals surface area (Å²) in [6, 6.07) is 0. The second-order valence-corrected chi connectivity index (χ2v) is 2.71. The van der Waals surface area contributed by atoms with E-state index in [9.17, 15) is 0 Å². The van der Waals surface area contributed by atoms with Gasteiger partial charge in [-0.2, -0.15) is 0 Å². The van der Waals surface area contributed by atoms with E-state index < -0.39 is 0 Å². The first kappa shape index (κ1) is 8.02. The van der Waals surface area contributed by atoms with Gasteiger partial charge in [0.05, 0.1) is 12.2 Å². The summed E-state index contributed by atoms with van der Waals surface area (Å²) in [5.41, 5.74) is 0. The second-order valence-electron chi connectivity index (χ2n) is 2.71. The molecule has 0 heterocycles. The van der Waals surface area contributed by atoms with E-state index >= 15 is 0 Å². The van der Waals surface area contributed by atoms with E-state index in [4.69, 9.17) is 9.47 Å². The van der Waals surface area contributed by atoms with Gasteiger partial charge in [0, 0.05) is 14.2 Å². The summed E-state index contributed by atoms with van der Waals surface area (Å²) >= 11 is 0. The van der Waals surface area contributed by atoms with Gasteiger partial charge in [0.1, 0.15) is 0 Å². The summed E-state index contributed by atoms with van der Waals surface area (Å²) in [5, 5.41) is 0. The first-order chi connectivity index (χ1) is 4.86. The minimum absolute atomic E-state index is 0.388. The van der Waals surface area contributed by atoms with Crippen molar-refractivity contribution in [3.05, 3.63) is 6.42 Å². The molecule has 2 unspecified atom stereocenters. The molecule has 2 nitrogen and oxygen atoms in total. The quantitative estimate of drug-likeness (QED) is 0.581. The molecule has 1 saturated carbocycles. The van der Waals surface area contributed by atoms with Gasteiger partial charge in [-0.1, -0.05) is 0 Å². The van der Waals surface area contributed by atoms with Crippen molar-refractivity contribution < 1.29 is 9.47 Å². The molecule has 0 aromatic heterocycles. The summed E-state index contributed by atoms with van der Waals surface area (Å²) in [4.78, 5) is 0. The van der Waals surface area contributed by atoms with Crippen LogP contribution in [0.2, 0.25) is 0 Å². The Bertz CT molecular complexity index is 83.3. The molecule has 0 bridgehead atoms. The molecule has 10 heavy (non-hydrogen) atoms. The van der Waals surface area contributed by atoms with E-state index in [1.807, 2.05) is 0 Å². The predicted octanol–water partition coefficient (Wildman–Crippen LogP) is 1.40. The zero-order valence-electron chi connectivity index (χ0n) is 6.67. The van der Waals surface area contributed by atoms with Gasteiger partial charge in [-0.05, 0) is 25.7 Å². The van der Waals surface area contributed by atoms with E-state index in [1.54, 1.807) is 14.2 Å². The van der Waals surface area contributed by atoms with Crippen molar-refractivity contribution in [3.63, 3.8) is 0 Å². The summed E-state index contributed by atoms with van der Waals surface area (Å²) in [6.45, 7) is 0. The molecule has 0 aromatic rings. The van der Waals surface area contributed by atoms with Gasteiger partial charge in [-0.3, -0.25) is 0 Å². The van der Waals surface area contributed by atoms with Crippen molar-refractivity contribution in [2.45, 2.75) is 31.5 Å². The van der Waals surface area contributed by atoms with E-state index in [-0.39, 0.29) is 0 Å². The van der Waals surface area contributed by atoms with Gasteiger partial charge < -0.3 is 9.47 Å². The third-order valence-corrected chi connectivity index (χ3v) is 2.05. The highest BCUT2D eigenvalue weighted by Gasteiger charge is 2.20. The molecule has 1 aliphatic carbocycles. The van der Waals surface area contributed by atoms with Gasteiger partial charge in [0.15, 0.2) is 0 Å². The molecule has 2 atom stereocenters. The van der Waals surface area contributed by atoms with Crippen LogP contribution in [0.5, 0.6) is 0 Å². The Morgan fingerprint density at radius 2 is 1.60 bits per heavy atom. The van der Waals surface area contributed by atoms with Crippen LogP contribution in [0, 0.1) is 6.42 Å². The molecule has 1 radical (unpaired) electrons. The third-order valence-electron chi connectivity index (χ3n) is 2.05. The lowest BCUT2D eigenvalue weighted by molar-refractivity contribution is 0.00534. The highest BCUT2D eigenvalue weighted by atomic mass is 16.5. The molecule has 0 aromatic carbocycles. The molecular weight excluding hydrogens is 128 g/mol. The lowest BCUT2D eigenvalue weighted by atomic mass is 9.95. The zero-order valence-corrected chi connectivity index (χ0v) is 6.67. The van der Waals surface area contributed by atoms with Gasteiger partial charge in [0.2, 0.25) is 0 Å². The van der Waals surface area contributed by atoms with Crippen LogP contribution in [0.3, 0.4) is 0 Å². The van der Waals surface area contributed by atoms with Gasteiger partial charge >= 0.3 is 0 Å². The smallest absolute Gasteiger partial charge is 0.0598 e. The minimum Gasteiger partial charge on any atom is -0.381 e. The molecular formula is C8H15O2. The molecule has 0 N–H and O–H groups in total. The van der Waals surface area contributed by atoms with Crippen LogP contribution in [-0.2, 0) is 9.47 Å². The zero-order chi connectivity index (χ0) is 7.40. The van der Waals surface area contributed by atoms with Crippen LogP contribution < -0.4 is 0 Å². The van der Waals surface area contributed by atoms with Crippen molar-refractivity contribution >= 4 is 0 Å². The fourth-order valence-corrected chi connectivity index (χ4v) is 1.34. The Kier molecular flexibility index (Phi) is 3.16. The highest BCUT2D eigenvalue weighted by Crippen LogP contribution is 2.21. The Morgan fingerprint density at radius 3 is 2.00 bits per heavy atom. The maximum Gasteiger partial charge on any atom is 0.0598 e. The molecule has 1 fully saturated rings. The summed E-state index contributed by atoms with van der Waals surface area (Å²) in [7, 11) is 3.52. The molecule has 0 spiro atoms. The molecule has 59 valence electrons. The Hall–Kier alpha value is -0.0800. The molecule has 0 amide bonds. The van der Waals surface area contributed by atoms with Crippen LogP contribution in [0.1, 0.15) is 19.3 Å². The van der Waals surface area contributed by atoms with Crippen molar-refractivity contribution in [3.8, 4) is 0 Å². The Morgan fingerprint density at radius 1 is 1.10 bits per heavy atom. The molecule has 0 saturated heterocycles. The number of hydrogen-bond donors (Lipinski definition) is 0. The molecule has 1 rings (SSSR count). The van der Waals surface area contributed by atoms with Gasteiger partial charge in [-0.25, -0.2) is 0 Å². The molecule has 2 heteroatoms. The number of rotatable bonds is 2. The predicted molar refractivity (Wildman–Crippen MR) is 39.7 cm³/mol. The van der Waals surface area contributed by atoms with E-state index in [2.05, 4.69) is 6.42 Å². The van der Waals surface area contributed by atoms with Crippen LogP contribution in [-0.4, -0.2) is 26.4 Å². The number of ether oxygens (including phenoxy) is 2. The van der Waals surface area contributed by atoms with Crippen molar-refractivity contribution in [1.82, 2.24) is 0 Å². The second kappa shape index (κ2) is 3.94. The summed E-state index contributed by atoms with van der Waals surface area (Å²) in [6.07, 6.45) is 6.22. The van der Waals surface area contributed by atoms with Crippen molar-refractivity contribution in [1.29, 1.82) is 0 Å². The Balaban J connectivity index is 2.25. The Labute approximate surface area is 62.5 Å². The minimum atomic E-state index is 0.388. The SMILES string of the molecule is COC1C[CH]CC(OC)C1. The van der Waals surface area contributed by atoms with Crippen LogP contribution in [0.4, 0.5) is 0 Å². The van der Waals surface area contributed by atoms with E-state index in [0.29, 0.717) is 12.2 Å². The highest BCUT2D eigenvalue weighted by molar-refractivity contribution is 4.84. The van der Waals surface area contributed by atoms with Crippen LogP contribution >= 0.6 is 0 Å². The topological polar surface area (TPSA) is 18.5 Å². The summed E-state index contributed by atoms with van der Waals surface area (Å²) in [5.74, 6) is 0. The van der Waals surface area contributed by atoms with E-state index in [0.717, 1.165) is 19.3 Å². The summed E-state index contributed by atoms with van der Waals surface area (Å²) < 4.78 is 10.4. The van der Waals surface area contributed by atoms with Gasteiger partial charge in [-0.15, -0.1) is 0 Å². The van der Waals surface area contributed by atoms with Crippen LogP contribution in [0.25, 0.3) is 0 Å². The number of methoxy groups -OCH3 is 2. The first-order valence-electron chi connectivity index (χ1n) is 3.74. The van der Waals surface area contributed by atoms with Crippen LogP contribution in [0.15, 0.2) is 0 Å². The fourth-order valence-electron chi connectivity index (χ4n) is 1.34. The van der Waals surface area contributed by atoms with Crippen molar-refractivity contribution in [2.24, 2.45) is 0 Å². The normalized spacial score (nSPS) is 34.2. The maximum atomic E-state index is 5.21. The largest absolute Gasteiger partial charge is 0.381 e. The number of hydrogen-bond acceptors (Lipinski definition) is 2. The first-order valence-corrected chi connectivity index (χ1v) is 3.74. The maximum absolute atomic E-state index is 5.21. The monoisotopic (exact) mass is 143 g/mol. The van der Waals surface area contributed by atoms with Crippen molar-refractivity contribution in [2.75, 3.05) is 14.2 Å². The molecule has 0 aliphatic heterocycles. The average Bonchev–Trinajstić information content (AvgIpc) is 2.05.